The average molecular weight is 325 g/mol. The van der Waals surface area contributed by atoms with Crippen LogP contribution in [0.1, 0.15) is 34.1 Å². The van der Waals surface area contributed by atoms with Gasteiger partial charge in [0.1, 0.15) is 5.75 Å². The number of nitrogens with one attached hydrogen (secondary N) is 1. The maximum absolute atomic E-state index is 12.9. The quantitative estimate of drug-likeness (QED) is 0.729. The first-order chi connectivity index (χ1) is 11.5. The molecule has 0 fully saturated rings. The molecular formula is C17H19N5O2. The van der Waals surface area contributed by atoms with E-state index in [-0.39, 0.29) is 5.78 Å². The zero-order valence-corrected chi connectivity index (χ0v) is 14.1. The number of nitrogens with zero attached hydrogens (tertiary/aromatic N) is 4. The number of ether oxygens (including phenoxy) is 1. The number of hydrogen-bond acceptors (Lipinski definition) is 5. The van der Waals surface area contributed by atoms with Crippen molar-refractivity contribution in [1.29, 1.82) is 0 Å². The highest BCUT2D eigenvalue weighted by Gasteiger charge is 2.22. The highest BCUT2D eigenvalue weighted by Crippen LogP contribution is 2.27. The second-order valence-corrected chi connectivity index (χ2v) is 5.49. The van der Waals surface area contributed by atoms with Crippen LogP contribution in [0.25, 0.3) is 11.5 Å². The summed E-state index contributed by atoms with van der Waals surface area (Å²) in [4.78, 5) is 17.6. The van der Waals surface area contributed by atoms with Crippen LogP contribution >= 0.6 is 0 Å². The lowest BCUT2D eigenvalue weighted by molar-refractivity contribution is 0.103. The molecule has 24 heavy (non-hydrogen) atoms. The largest absolute Gasteiger partial charge is 0.497 e. The van der Waals surface area contributed by atoms with Crippen molar-refractivity contribution in [2.75, 3.05) is 7.11 Å². The molecule has 3 aromatic rings. The first kappa shape index (κ1) is 15.9. The normalized spacial score (nSPS) is 10.8. The smallest absolute Gasteiger partial charge is 0.221 e. The number of aromatic nitrogens is 5. The van der Waals surface area contributed by atoms with Gasteiger partial charge in [-0.15, -0.1) is 10.2 Å². The van der Waals surface area contributed by atoms with E-state index >= 15 is 0 Å². The van der Waals surface area contributed by atoms with E-state index in [4.69, 9.17) is 4.74 Å². The van der Waals surface area contributed by atoms with E-state index in [0.717, 1.165) is 17.0 Å². The lowest BCUT2D eigenvalue weighted by atomic mass is 9.99. The molecule has 0 unspecified atom stereocenters. The van der Waals surface area contributed by atoms with Crippen LogP contribution in [0.2, 0.25) is 0 Å². The Morgan fingerprint density at radius 2 is 2.12 bits per heavy atom. The SMILES string of the molecule is CCn1nnc(-c2[nH]c(C)c(C(=O)c3cccc(OC)c3)c2C)n1. The number of rotatable bonds is 5. The summed E-state index contributed by atoms with van der Waals surface area (Å²) in [5.74, 6) is 1.08. The van der Waals surface area contributed by atoms with Gasteiger partial charge in [-0.3, -0.25) is 4.79 Å². The van der Waals surface area contributed by atoms with E-state index < -0.39 is 0 Å². The van der Waals surface area contributed by atoms with Crippen LogP contribution in [0.5, 0.6) is 5.75 Å². The zero-order valence-electron chi connectivity index (χ0n) is 14.1. The summed E-state index contributed by atoms with van der Waals surface area (Å²) < 4.78 is 5.20. The van der Waals surface area contributed by atoms with Crippen LogP contribution < -0.4 is 4.74 Å². The molecule has 3 rings (SSSR count). The number of hydrogen-bond donors (Lipinski definition) is 1. The fraction of sp³-hybridized carbons (Fsp3) is 0.294. The fourth-order valence-corrected chi connectivity index (χ4v) is 2.70. The Kier molecular flexibility index (Phi) is 4.16. The third-order valence-electron chi connectivity index (χ3n) is 3.96. The van der Waals surface area contributed by atoms with Gasteiger partial charge in [-0.1, -0.05) is 12.1 Å². The summed E-state index contributed by atoms with van der Waals surface area (Å²) in [5, 5.41) is 12.3. The number of benzene rings is 1. The first-order valence-electron chi connectivity index (χ1n) is 7.71. The van der Waals surface area contributed by atoms with Crippen molar-refractivity contribution in [3.05, 3.63) is 46.6 Å². The Bertz CT molecular complexity index is 894. The van der Waals surface area contributed by atoms with Gasteiger partial charge in [-0.2, -0.15) is 4.80 Å². The van der Waals surface area contributed by atoms with Crippen molar-refractivity contribution in [3.8, 4) is 17.3 Å². The molecule has 0 amide bonds. The van der Waals surface area contributed by atoms with Gasteiger partial charge in [0, 0.05) is 16.8 Å². The van der Waals surface area contributed by atoms with Crippen molar-refractivity contribution in [2.24, 2.45) is 0 Å². The van der Waals surface area contributed by atoms with Gasteiger partial charge in [0.15, 0.2) is 5.78 Å². The van der Waals surface area contributed by atoms with E-state index in [1.54, 1.807) is 25.3 Å². The number of aryl methyl sites for hydroxylation is 2. The number of tetrazole rings is 1. The Morgan fingerprint density at radius 3 is 2.79 bits per heavy atom. The second kappa shape index (κ2) is 6.27. The fourth-order valence-electron chi connectivity index (χ4n) is 2.70. The summed E-state index contributed by atoms with van der Waals surface area (Å²) in [6, 6.07) is 7.13. The van der Waals surface area contributed by atoms with Gasteiger partial charge in [-0.25, -0.2) is 0 Å². The molecule has 0 radical (unpaired) electrons. The molecule has 2 heterocycles. The minimum absolute atomic E-state index is 0.0608. The Balaban J connectivity index is 2.03. The van der Waals surface area contributed by atoms with Gasteiger partial charge in [0.05, 0.1) is 19.3 Å². The van der Waals surface area contributed by atoms with E-state index in [0.29, 0.717) is 29.2 Å². The van der Waals surface area contributed by atoms with Crippen LogP contribution in [0.4, 0.5) is 0 Å². The lowest BCUT2D eigenvalue weighted by Crippen LogP contribution is -2.04. The number of carbonyl (C=O) groups excluding carboxylic acids is 1. The van der Waals surface area contributed by atoms with Gasteiger partial charge in [-0.05, 0) is 43.7 Å². The summed E-state index contributed by atoms with van der Waals surface area (Å²) in [6.45, 7) is 6.34. The van der Waals surface area contributed by atoms with Crippen molar-refractivity contribution < 1.29 is 9.53 Å². The number of methoxy groups -OCH3 is 1. The molecule has 2 aromatic heterocycles. The highest BCUT2D eigenvalue weighted by molar-refractivity contribution is 6.11. The molecule has 1 aromatic carbocycles. The predicted octanol–water partition coefficient (Wildman–Crippen LogP) is 2.54. The minimum atomic E-state index is -0.0608. The van der Waals surface area contributed by atoms with Crippen LogP contribution in [0.3, 0.4) is 0 Å². The van der Waals surface area contributed by atoms with Crippen LogP contribution in [-0.2, 0) is 6.54 Å². The molecule has 0 atom stereocenters. The van der Waals surface area contributed by atoms with Gasteiger partial charge < -0.3 is 9.72 Å². The Morgan fingerprint density at radius 1 is 1.33 bits per heavy atom. The molecule has 0 spiro atoms. The van der Waals surface area contributed by atoms with Crippen molar-refractivity contribution in [2.45, 2.75) is 27.3 Å². The molecular weight excluding hydrogens is 306 g/mol. The molecule has 124 valence electrons. The van der Waals surface area contributed by atoms with Crippen molar-refractivity contribution in [1.82, 2.24) is 25.2 Å². The summed E-state index contributed by atoms with van der Waals surface area (Å²) in [5.41, 5.74) is 3.53. The van der Waals surface area contributed by atoms with E-state index in [1.807, 2.05) is 26.8 Å². The standard InChI is InChI=1S/C17H19N5O2/c1-5-22-20-17(19-21-22)15-10(2)14(11(3)18-15)16(23)12-7-6-8-13(9-12)24-4/h6-9,18H,5H2,1-4H3. The average Bonchev–Trinajstić information content (AvgIpc) is 3.18. The molecule has 0 saturated heterocycles. The Hall–Kier alpha value is -2.96. The molecule has 0 aliphatic heterocycles. The molecule has 0 aliphatic carbocycles. The topological polar surface area (TPSA) is 85.7 Å². The van der Waals surface area contributed by atoms with Gasteiger partial charge in [0.2, 0.25) is 5.82 Å². The Labute approximate surface area is 139 Å². The number of ketones is 1. The monoisotopic (exact) mass is 325 g/mol. The number of aromatic amines is 1. The molecule has 0 bridgehead atoms. The molecule has 0 saturated carbocycles. The number of H-pyrrole nitrogens is 1. The van der Waals surface area contributed by atoms with E-state index in [9.17, 15) is 4.79 Å². The molecule has 0 aliphatic rings. The van der Waals surface area contributed by atoms with E-state index in [2.05, 4.69) is 20.4 Å². The number of carbonyl (C=O) groups is 1. The van der Waals surface area contributed by atoms with Crippen LogP contribution in [0.15, 0.2) is 24.3 Å². The summed E-state index contributed by atoms with van der Waals surface area (Å²) in [6.07, 6.45) is 0. The van der Waals surface area contributed by atoms with Crippen LogP contribution in [-0.4, -0.2) is 38.1 Å². The predicted molar refractivity (Wildman–Crippen MR) is 89.2 cm³/mol. The summed E-state index contributed by atoms with van der Waals surface area (Å²) >= 11 is 0. The summed E-state index contributed by atoms with van der Waals surface area (Å²) in [7, 11) is 1.58. The van der Waals surface area contributed by atoms with Gasteiger partial charge in [0.25, 0.3) is 0 Å². The van der Waals surface area contributed by atoms with Crippen LogP contribution in [0, 0.1) is 13.8 Å². The minimum Gasteiger partial charge on any atom is -0.497 e. The third-order valence-corrected chi connectivity index (χ3v) is 3.96. The molecule has 7 heteroatoms. The first-order valence-corrected chi connectivity index (χ1v) is 7.71. The second-order valence-electron chi connectivity index (χ2n) is 5.49. The lowest BCUT2D eigenvalue weighted by Gasteiger charge is -2.05. The maximum atomic E-state index is 12.9. The molecule has 1 N–H and O–H groups in total. The van der Waals surface area contributed by atoms with E-state index in [1.165, 1.54) is 4.80 Å². The van der Waals surface area contributed by atoms with Gasteiger partial charge >= 0.3 is 0 Å². The molecule has 7 nitrogen and oxygen atoms in total. The van der Waals surface area contributed by atoms with Crippen molar-refractivity contribution >= 4 is 5.78 Å². The third kappa shape index (κ3) is 2.68. The van der Waals surface area contributed by atoms with Crippen molar-refractivity contribution in [3.63, 3.8) is 0 Å². The highest BCUT2D eigenvalue weighted by atomic mass is 16.5. The maximum Gasteiger partial charge on any atom is 0.221 e. The zero-order chi connectivity index (χ0) is 17.3.